The molecule has 1 rings (SSSR count). The molecular formula is C10H17N3O3. The Hall–Kier alpha value is -1.43. The molecule has 3 amide bonds. The van der Waals surface area contributed by atoms with Crippen molar-refractivity contribution in [1.82, 2.24) is 10.2 Å². The molecule has 90 valence electrons. The number of carbonyl (C=O) groups excluding carboxylic acids is 3. The van der Waals surface area contributed by atoms with Gasteiger partial charge in [-0.1, -0.05) is 0 Å². The number of nitrogens with zero attached hydrogens (tertiary/aromatic N) is 1. The number of nitrogens with two attached hydrogens (primary N) is 1. The van der Waals surface area contributed by atoms with Crippen LogP contribution in [0.2, 0.25) is 0 Å². The predicted octanol–water partition coefficient (Wildman–Crippen LogP) is -1.01. The summed E-state index contributed by atoms with van der Waals surface area (Å²) in [7, 11) is 1.49. The molecule has 16 heavy (non-hydrogen) atoms. The van der Waals surface area contributed by atoms with Gasteiger partial charge in [0.15, 0.2) is 0 Å². The number of carbonyl (C=O) groups is 3. The number of likely N-dealkylation sites (tertiary alicyclic amines) is 1. The van der Waals surface area contributed by atoms with Crippen LogP contribution in [0.5, 0.6) is 0 Å². The monoisotopic (exact) mass is 227 g/mol. The fourth-order valence-electron chi connectivity index (χ4n) is 1.62. The summed E-state index contributed by atoms with van der Waals surface area (Å²) in [6.07, 6.45) is 2.06. The van der Waals surface area contributed by atoms with E-state index < -0.39 is 6.04 Å². The molecule has 0 spiro atoms. The van der Waals surface area contributed by atoms with Crippen LogP contribution in [-0.4, -0.2) is 42.3 Å². The SMILES string of the molecule is CN1C(=O)CC(NCCCCC(N)=O)C1=O. The van der Waals surface area contributed by atoms with Gasteiger partial charge in [0, 0.05) is 13.5 Å². The number of likely N-dealkylation sites (N-methyl/N-ethyl adjacent to an activating group) is 1. The van der Waals surface area contributed by atoms with Crippen molar-refractivity contribution in [2.45, 2.75) is 31.7 Å². The van der Waals surface area contributed by atoms with E-state index in [2.05, 4.69) is 5.32 Å². The van der Waals surface area contributed by atoms with Gasteiger partial charge in [0.05, 0.1) is 12.5 Å². The number of amides is 3. The van der Waals surface area contributed by atoms with E-state index in [0.717, 1.165) is 11.3 Å². The summed E-state index contributed by atoms with van der Waals surface area (Å²) < 4.78 is 0. The molecule has 1 fully saturated rings. The van der Waals surface area contributed by atoms with Crippen LogP contribution >= 0.6 is 0 Å². The van der Waals surface area contributed by atoms with E-state index in [1.54, 1.807) is 0 Å². The Morgan fingerprint density at radius 1 is 1.50 bits per heavy atom. The summed E-state index contributed by atoms with van der Waals surface area (Å²) in [6, 6.07) is -0.397. The third kappa shape index (κ3) is 3.30. The Balaban J connectivity index is 2.17. The molecule has 1 unspecified atom stereocenters. The van der Waals surface area contributed by atoms with Crippen molar-refractivity contribution in [3.63, 3.8) is 0 Å². The maximum atomic E-state index is 11.5. The summed E-state index contributed by atoms with van der Waals surface area (Å²) in [5.41, 5.74) is 4.99. The Morgan fingerprint density at radius 2 is 2.19 bits per heavy atom. The van der Waals surface area contributed by atoms with Crippen molar-refractivity contribution in [3.05, 3.63) is 0 Å². The fourth-order valence-corrected chi connectivity index (χ4v) is 1.62. The number of rotatable bonds is 6. The van der Waals surface area contributed by atoms with Crippen LogP contribution in [0.1, 0.15) is 25.7 Å². The molecular weight excluding hydrogens is 210 g/mol. The van der Waals surface area contributed by atoms with Crippen molar-refractivity contribution >= 4 is 17.7 Å². The quantitative estimate of drug-likeness (QED) is 0.449. The highest BCUT2D eigenvalue weighted by molar-refractivity contribution is 6.05. The van der Waals surface area contributed by atoms with Crippen molar-refractivity contribution in [1.29, 1.82) is 0 Å². The van der Waals surface area contributed by atoms with Gasteiger partial charge in [-0.25, -0.2) is 0 Å². The standard InChI is InChI=1S/C10H17N3O3/c1-13-9(15)6-7(10(13)16)12-5-3-2-4-8(11)14/h7,12H,2-6H2,1H3,(H2,11,14). The zero-order chi connectivity index (χ0) is 12.1. The number of nitrogens with one attached hydrogen (secondary N) is 1. The maximum Gasteiger partial charge on any atom is 0.246 e. The molecule has 1 aliphatic heterocycles. The minimum atomic E-state index is -0.397. The average molecular weight is 227 g/mol. The second-order valence-corrected chi connectivity index (χ2v) is 3.93. The molecule has 0 aliphatic carbocycles. The van der Waals surface area contributed by atoms with Crippen LogP contribution < -0.4 is 11.1 Å². The summed E-state index contributed by atoms with van der Waals surface area (Å²) in [5.74, 6) is -0.647. The normalized spacial score (nSPS) is 20.6. The minimum Gasteiger partial charge on any atom is -0.370 e. The zero-order valence-corrected chi connectivity index (χ0v) is 9.36. The first-order valence-corrected chi connectivity index (χ1v) is 5.34. The molecule has 0 aromatic carbocycles. The van der Waals surface area contributed by atoms with Gasteiger partial charge in [-0.3, -0.25) is 19.3 Å². The molecule has 6 nitrogen and oxygen atoms in total. The molecule has 1 aliphatic rings. The second-order valence-electron chi connectivity index (χ2n) is 3.93. The summed E-state index contributed by atoms with van der Waals surface area (Å²) in [6.45, 7) is 0.616. The van der Waals surface area contributed by atoms with Gasteiger partial charge in [-0.2, -0.15) is 0 Å². The lowest BCUT2D eigenvalue weighted by atomic mass is 10.2. The first-order valence-electron chi connectivity index (χ1n) is 5.34. The van der Waals surface area contributed by atoms with Crippen LogP contribution in [0, 0.1) is 0 Å². The first kappa shape index (κ1) is 12.6. The lowest BCUT2D eigenvalue weighted by Gasteiger charge is -2.10. The topological polar surface area (TPSA) is 92.5 Å². The van der Waals surface area contributed by atoms with E-state index in [4.69, 9.17) is 5.73 Å². The third-order valence-corrected chi connectivity index (χ3v) is 2.62. The fraction of sp³-hybridized carbons (Fsp3) is 0.700. The number of primary amides is 1. The number of hydrogen-bond acceptors (Lipinski definition) is 4. The first-order chi connectivity index (χ1) is 7.52. The molecule has 0 saturated carbocycles. The van der Waals surface area contributed by atoms with Crippen molar-refractivity contribution in [3.8, 4) is 0 Å². The van der Waals surface area contributed by atoms with Crippen LogP contribution in [0.15, 0.2) is 0 Å². The molecule has 3 N–H and O–H groups in total. The van der Waals surface area contributed by atoms with Gasteiger partial charge in [0.1, 0.15) is 0 Å². The van der Waals surface area contributed by atoms with Crippen LogP contribution in [0.4, 0.5) is 0 Å². The molecule has 1 heterocycles. The van der Waals surface area contributed by atoms with E-state index in [9.17, 15) is 14.4 Å². The highest BCUT2D eigenvalue weighted by Crippen LogP contribution is 2.10. The van der Waals surface area contributed by atoms with Gasteiger partial charge < -0.3 is 11.1 Å². The van der Waals surface area contributed by atoms with Gasteiger partial charge in [-0.05, 0) is 19.4 Å². The third-order valence-electron chi connectivity index (χ3n) is 2.62. The van der Waals surface area contributed by atoms with Gasteiger partial charge >= 0.3 is 0 Å². The van der Waals surface area contributed by atoms with Crippen LogP contribution in [-0.2, 0) is 14.4 Å². The molecule has 0 aromatic rings. The number of hydrogen-bond donors (Lipinski definition) is 2. The lowest BCUT2D eigenvalue weighted by Crippen LogP contribution is -2.37. The molecule has 0 aromatic heterocycles. The predicted molar refractivity (Wildman–Crippen MR) is 57.2 cm³/mol. The Morgan fingerprint density at radius 3 is 2.69 bits per heavy atom. The molecule has 1 saturated heterocycles. The molecule has 0 radical (unpaired) electrons. The maximum absolute atomic E-state index is 11.5. The molecule has 6 heteroatoms. The Bertz CT molecular complexity index is 304. The van der Waals surface area contributed by atoms with E-state index in [-0.39, 0.29) is 24.1 Å². The lowest BCUT2D eigenvalue weighted by molar-refractivity contribution is -0.137. The highest BCUT2D eigenvalue weighted by atomic mass is 16.2. The van der Waals surface area contributed by atoms with Crippen molar-refractivity contribution in [2.24, 2.45) is 5.73 Å². The van der Waals surface area contributed by atoms with Crippen molar-refractivity contribution in [2.75, 3.05) is 13.6 Å². The second kappa shape index (κ2) is 5.60. The van der Waals surface area contributed by atoms with Gasteiger partial charge in [0.25, 0.3) is 0 Å². The number of imide groups is 1. The smallest absolute Gasteiger partial charge is 0.246 e. The Kier molecular flexibility index (Phi) is 4.42. The van der Waals surface area contributed by atoms with Gasteiger partial charge in [0.2, 0.25) is 17.7 Å². The van der Waals surface area contributed by atoms with Crippen LogP contribution in [0.3, 0.4) is 0 Å². The minimum absolute atomic E-state index is 0.153. The van der Waals surface area contributed by atoms with E-state index in [1.165, 1.54) is 7.05 Å². The van der Waals surface area contributed by atoms with E-state index in [0.29, 0.717) is 19.4 Å². The number of unbranched alkanes of at least 4 members (excludes halogenated alkanes) is 1. The van der Waals surface area contributed by atoms with E-state index >= 15 is 0 Å². The summed E-state index contributed by atoms with van der Waals surface area (Å²) >= 11 is 0. The molecule has 0 bridgehead atoms. The average Bonchev–Trinajstić information content (AvgIpc) is 2.45. The van der Waals surface area contributed by atoms with E-state index in [1.807, 2.05) is 0 Å². The van der Waals surface area contributed by atoms with Crippen molar-refractivity contribution < 1.29 is 14.4 Å². The Labute approximate surface area is 94.2 Å². The van der Waals surface area contributed by atoms with Gasteiger partial charge in [-0.15, -0.1) is 0 Å². The highest BCUT2D eigenvalue weighted by Gasteiger charge is 2.35. The largest absolute Gasteiger partial charge is 0.370 e. The van der Waals surface area contributed by atoms with Crippen LogP contribution in [0.25, 0.3) is 0 Å². The summed E-state index contributed by atoms with van der Waals surface area (Å²) in [5, 5.41) is 3.00. The zero-order valence-electron chi connectivity index (χ0n) is 9.36. The summed E-state index contributed by atoms with van der Waals surface area (Å²) in [4.78, 5) is 34.2. The molecule has 1 atom stereocenters.